The van der Waals surface area contributed by atoms with Crippen LogP contribution in [0.4, 0.5) is 0 Å². The number of aromatic amines is 1. The van der Waals surface area contributed by atoms with Crippen LogP contribution in [0.5, 0.6) is 0 Å². The summed E-state index contributed by atoms with van der Waals surface area (Å²) in [7, 11) is 0. The van der Waals surface area contributed by atoms with E-state index in [1.807, 2.05) is 54.6 Å². The molecular formula is C24H27N3O5. The van der Waals surface area contributed by atoms with Crippen molar-refractivity contribution in [1.29, 1.82) is 0 Å². The van der Waals surface area contributed by atoms with Gasteiger partial charge in [0.15, 0.2) is 0 Å². The Kier molecular flexibility index (Phi) is 7.62. The summed E-state index contributed by atoms with van der Waals surface area (Å²) >= 11 is 0. The zero-order valence-corrected chi connectivity index (χ0v) is 17.7. The summed E-state index contributed by atoms with van der Waals surface area (Å²) in [4.78, 5) is 39.2. The second kappa shape index (κ2) is 10.6. The Morgan fingerprint density at radius 3 is 2.28 bits per heavy atom. The number of carboxylic acids is 2. The van der Waals surface area contributed by atoms with Gasteiger partial charge in [-0.15, -0.1) is 0 Å². The molecule has 0 aliphatic carbocycles. The summed E-state index contributed by atoms with van der Waals surface area (Å²) < 4.78 is 0. The van der Waals surface area contributed by atoms with Crippen LogP contribution in [0, 0.1) is 0 Å². The number of rotatable bonds is 11. The van der Waals surface area contributed by atoms with Gasteiger partial charge in [-0.25, -0.2) is 4.79 Å². The molecule has 1 amide bonds. The predicted octanol–water partition coefficient (Wildman–Crippen LogP) is 2.34. The predicted molar refractivity (Wildman–Crippen MR) is 120 cm³/mol. The van der Waals surface area contributed by atoms with Crippen molar-refractivity contribution in [2.24, 2.45) is 0 Å². The summed E-state index contributed by atoms with van der Waals surface area (Å²) in [6, 6.07) is 14.0. The zero-order valence-electron chi connectivity index (χ0n) is 17.7. The molecule has 3 atom stereocenters. The van der Waals surface area contributed by atoms with E-state index in [1.165, 1.54) is 6.92 Å². The minimum Gasteiger partial charge on any atom is -0.480 e. The van der Waals surface area contributed by atoms with Crippen LogP contribution in [0.2, 0.25) is 0 Å². The second-order valence-electron chi connectivity index (χ2n) is 7.77. The van der Waals surface area contributed by atoms with Crippen molar-refractivity contribution in [3.05, 3.63) is 71.9 Å². The largest absolute Gasteiger partial charge is 0.480 e. The summed E-state index contributed by atoms with van der Waals surface area (Å²) in [6.45, 7) is 1.53. The first-order valence-electron chi connectivity index (χ1n) is 10.5. The first-order chi connectivity index (χ1) is 15.3. The molecule has 0 aliphatic heterocycles. The highest BCUT2D eigenvalue weighted by Crippen LogP contribution is 2.19. The topological polar surface area (TPSA) is 132 Å². The lowest BCUT2D eigenvalue weighted by atomic mass is 10.0. The second-order valence-corrected chi connectivity index (χ2v) is 7.77. The van der Waals surface area contributed by atoms with Crippen molar-refractivity contribution < 1.29 is 24.6 Å². The molecule has 3 rings (SSSR count). The van der Waals surface area contributed by atoms with Crippen molar-refractivity contribution in [3.63, 3.8) is 0 Å². The van der Waals surface area contributed by atoms with E-state index in [-0.39, 0.29) is 6.42 Å². The fourth-order valence-electron chi connectivity index (χ4n) is 3.63. The van der Waals surface area contributed by atoms with Crippen LogP contribution in [0.25, 0.3) is 10.9 Å². The molecule has 32 heavy (non-hydrogen) atoms. The van der Waals surface area contributed by atoms with Gasteiger partial charge in [0, 0.05) is 23.5 Å². The number of benzene rings is 2. The molecule has 0 radical (unpaired) electrons. The number of hydrogen-bond acceptors (Lipinski definition) is 4. The van der Waals surface area contributed by atoms with Gasteiger partial charge in [-0.1, -0.05) is 48.5 Å². The van der Waals surface area contributed by atoms with E-state index in [0.29, 0.717) is 12.8 Å². The maximum atomic E-state index is 12.6. The zero-order chi connectivity index (χ0) is 23.1. The molecule has 0 saturated heterocycles. The van der Waals surface area contributed by atoms with Crippen LogP contribution in [-0.2, 0) is 27.2 Å². The summed E-state index contributed by atoms with van der Waals surface area (Å²) in [5.74, 6) is -2.79. The fraction of sp³-hybridized carbons (Fsp3) is 0.292. The molecule has 8 heteroatoms. The number of para-hydroxylation sites is 1. The van der Waals surface area contributed by atoms with Gasteiger partial charge in [0.05, 0.1) is 6.04 Å². The Morgan fingerprint density at radius 2 is 1.59 bits per heavy atom. The van der Waals surface area contributed by atoms with Gasteiger partial charge in [0.2, 0.25) is 5.91 Å². The summed E-state index contributed by atoms with van der Waals surface area (Å²) in [5, 5.41) is 25.4. The van der Waals surface area contributed by atoms with Gasteiger partial charge in [0.25, 0.3) is 0 Å². The highest BCUT2D eigenvalue weighted by Gasteiger charge is 2.27. The van der Waals surface area contributed by atoms with Crippen LogP contribution < -0.4 is 10.6 Å². The quantitative estimate of drug-likeness (QED) is 0.313. The highest BCUT2D eigenvalue weighted by molar-refractivity contribution is 5.88. The van der Waals surface area contributed by atoms with E-state index < -0.39 is 36.0 Å². The molecule has 1 unspecified atom stereocenters. The molecule has 1 aromatic heterocycles. The van der Waals surface area contributed by atoms with E-state index >= 15 is 0 Å². The molecule has 0 aliphatic rings. The third kappa shape index (κ3) is 5.95. The van der Waals surface area contributed by atoms with Crippen molar-refractivity contribution in [2.75, 3.05) is 0 Å². The average Bonchev–Trinajstić information content (AvgIpc) is 3.19. The molecule has 0 spiro atoms. The molecule has 2 aromatic carbocycles. The molecular weight excluding hydrogens is 410 g/mol. The number of aromatic nitrogens is 1. The lowest BCUT2D eigenvalue weighted by Gasteiger charge is -2.22. The monoisotopic (exact) mass is 437 g/mol. The maximum Gasteiger partial charge on any atom is 0.326 e. The number of carboxylic acid groups (broad SMARTS) is 2. The fourth-order valence-corrected chi connectivity index (χ4v) is 3.63. The normalized spacial score (nSPS) is 13.9. The molecule has 1 heterocycles. The SMILES string of the molecule is C[C@H](NC(CCc1ccccc1)C(=O)O)C(=O)N[C@@H](Cc1c[nH]c2ccccc12)C(=O)O. The number of amides is 1. The Hall–Kier alpha value is -3.65. The molecule has 0 saturated carbocycles. The van der Waals surface area contributed by atoms with E-state index in [1.54, 1.807) is 6.20 Å². The van der Waals surface area contributed by atoms with E-state index in [0.717, 1.165) is 22.0 Å². The van der Waals surface area contributed by atoms with Gasteiger partial charge in [0.1, 0.15) is 12.1 Å². The van der Waals surface area contributed by atoms with Gasteiger partial charge in [-0.2, -0.15) is 0 Å². The third-order valence-electron chi connectivity index (χ3n) is 5.42. The Bertz CT molecular complexity index is 1080. The number of H-pyrrole nitrogens is 1. The Balaban J connectivity index is 1.61. The van der Waals surface area contributed by atoms with Crippen LogP contribution in [0.3, 0.4) is 0 Å². The summed E-state index contributed by atoms with van der Waals surface area (Å²) in [6.07, 6.45) is 2.68. The smallest absolute Gasteiger partial charge is 0.326 e. The number of aliphatic carboxylic acids is 2. The van der Waals surface area contributed by atoms with Crippen LogP contribution >= 0.6 is 0 Å². The molecule has 8 nitrogen and oxygen atoms in total. The van der Waals surface area contributed by atoms with E-state index in [2.05, 4.69) is 15.6 Å². The minimum atomic E-state index is -1.16. The van der Waals surface area contributed by atoms with Crippen molar-refractivity contribution in [3.8, 4) is 0 Å². The van der Waals surface area contributed by atoms with Gasteiger partial charge in [-0.3, -0.25) is 14.9 Å². The number of carbonyl (C=O) groups is 3. The first-order valence-corrected chi connectivity index (χ1v) is 10.5. The lowest BCUT2D eigenvalue weighted by molar-refractivity contribution is -0.143. The van der Waals surface area contributed by atoms with Crippen molar-refractivity contribution >= 4 is 28.7 Å². The molecule has 168 valence electrons. The lowest BCUT2D eigenvalue weighted by Crippen LogP contribution is -2.53. The van der Waals surface area contributed by atoms with Gasteiger partial charge < -0.3 is 20.5 Å². The minimum absolute atomic E-state index is 0.105. The van der Waals surface area contributed by atoms with Crippen molar-refractivity contribution in [1.82, 2.24) is 15.6 Å². The number of fused-ring (bicyclic) bond motifs is 1. The highest BCUT2D eigenvalue weighted by atomic mass is 16.4. The first kappa shape index (κ1) is 23.0. The third-order valence-corrected chi connectivity index (χ3v) is 5.42. The van der Waals surface area contributed by atoms with Gasteiger partial charge >= 0.3 is 11.9 Å². The molecule has 5 N–H and O–H groups in total. The average molecular weight is 437 g/mol. The van der Waals surface area contributed by atoms with Crippen molar-refractivity contribution in [2.45, 2.75) is 44.3 Å². The number of hydrogen-bond donors (Lipinski definition) is 5. The van der Waals surface area contributed by atoms with E-state index in [9.17, 15) is 24.6 Å². The Morgan fingerprint density at radius 1 is 0.938 bits per heavy atom. The maximum absolute atomic E-state index is 12.6. The number of carbonyl (C=O) groups excluding carboxylic acids is 1. The Labute approximate surface area is 185 Å². The van der Waals surface area contributed by atoms with E-state index in [4.69, 9.17) is 0 Å². The summed E-state index contributed by atoms with van der Waals surface area (Å²) in [5.41, 5.74) is 2.67. The van der Waals surface area contributed by atoms with Crippen LogP contribution in [-0.4, -0.2) is 51.2 Å². The van der Waals surface area contributed by atoms with Gasteiger partial charge in [-0.05, 0) is 37.0 Å². The standard InChI is InChI=1S/C24H27N3O5/c1-15(26-20(23(29)30)12-11-16-7-3-2-4-8-16)22(28)27-21(24(31)32)13-17-14-25-19-10-6-5-9-18(17)19/h2-10,14-15,20-21,25-26H,11-13H2,1H3,(H,27,28)(H,29,30)(H,31,32)/t15-,20?,21-/m0/s1. The number of aryl methyl sites for hydroxylation is 1. The van der Waals surface area contributed by atoms with Crippen LogP contribution in [0.1, 0.15) is 24.5 Å². The van der Waals surface area contributed by atoms with Crippen LogP contribution in [0.15, 0.2) is 60.8 Å². The molecule has 0 fully saturated rings. The number of nitrogens with one attached hydrogen (secondary N) is 3. The molecule has 0 bridgehead atoms. The molecule has 3 aromatic rings.